The minimum atomic E-state index is -0.0394. The van der Waals surface area contributed by atoms with E-state index in [1.165, 1.54) is 32.1 Å². The summed E-state index contributed by atoms with van der Waals surface area (Å²) >= 11 is 5.72. The second-order valence-corrected chi connectivity index (χ2v) is 6.85. The quantitative estimate of drug-likeness (QED) is 0.625. The second-order valence-electron chi connectivity index (χ2n) is 6.48. The maximum absolute atomic E-state index is 11.4. The van der Waals surface area contributed by atoms with Crippen molar-refractivity contribution in [2.24, 2.45) is 35.0 Å². The largest absolute Gasteiger partial charge is 0.281 e. The van der Waals surface area contributed by atoms with Crippen LogP contribution >= 0.6 is 11.6 Å². The third-order valence-corrected chi connectivity index (χ3v) is 6.24. The van der Waals surface area contributed by atoms with E-state index in [1.54, 1.807) is 0 Å². The van der Waals surface area contributed by atoms with Crippen LogP contribution in [0.3, 0.4) is 0 Å². The summed E-state index contributed by atoms with van der Waals surface area (Å²) in [7, 11) is 0. The first-order chi connectivity index (χ1) is 7.20. The smallest absolute Gasteiger partial charge is 0.225 e. The number of carbonyl (C=O) groups is 1. The van der Waals surface area contributed by atoms with Crippen molar-refractivity contribution in [3.63, 3.8) is 0 Å². The molecule has 0 heterocycles. The maximum atomic E-state index is 11.4. The Bertz CT molecular complexity index is 307. The fourth-order valence-corrected chi connectivity index (χ4v) is 5.83. The molecule has 5 rings (SSSR count). The van der Waals surface area contributed by atoms with Gasteiger partial charge in [0.2, 0.25) is 5.24 Å². The molecular weight excluding hydrogens is 208 g/mol. The molecule has 0 unspecified atom stereocenters. The van der Waals surface area contributed by atoms with Crippen molar-refractivity contribution >= 4 is 16.8 Å². The zero-order valence-corrected chi connectivity index (χ0v) is 9.67. The highest BCUT2D eigenvalue weighted by atomic mass is 35.5. The first-order valence-corrected chi connectivity index (χ1v) is 6.77. The summed E-state index contributed by atoms with van der Waals surface area (Å²) in [5.41, 5.74) is 0.409. The molecule has 5 saturated carbocycles. The van der Waals surface area contributed by atoms with E-state index in [-0.39, 0.29) is 11.2 Å². The summed E-state index contributed by atoms with van der Waals surface area (Å²) in [6.07, 6.45) is 8.26. The van der Waals surface area contributed by atoms with E-state index < -0.39 is 0 Å². The lowest BCUT2D eigenvalue weighted by atomic mass is 9.49. The van der Waals surface area contributed by atoms with Gasteiger partial charge in [-0.2, -0.15) is 0 Å². The zero-order chi connectivity index (χ0) is 10.2. The van der Waals surface area contributed by atoms with Crippen LogP contribution in [-0.2, 0) is 4.79 Å². The Hall–Kier alpha value is -0.0400. The average Bonchev–Trinajstić information content (AvgIpc) is 2.89. The molecule has 1 atom stereocenters. The third kappa shape index (κ3) is 0.988. The molecule has 5 fully saturated rings. The number of hydrogen-bond acceptors (Lipinski definition) is 1. The molecule has 0 amide bonds. The lowest BCUT2D eigenvalue weighted by Gasteiger charge is -2.55. The monoisotopic (exact) mass is 224 g/mol. The summed E-state index contributed by atoms with van der Waals surface area (Å²) in [6.45, 7) is 0. The fraction of sp³-hybridized carbons (Fsp3) is 0.923. The molecule has 5 aliphatic carbocycles. The third-order valence-electron chi connectivity index (χ3n) is 5.98. The molecule has 0 aromatic rings. The SMILES string of the molecule is O=C(Cl)[C@H]1CC12C1CC3CC(C1)CC2C3. The van der Waals surface area contributed by atoms with Crippen molar-refractivity contribution in [2.75, 3.05) is 0 Å². The van der Waals surface area contributed by atoms with Crippen LogP contribution in [0.5, 0.6) is 0 Å². The Balaban J connectivity index is 1.70. The van der Waals surface area contributed by atoms with Crippen LogP contribution < -0.4 is 0 Å². The molecule has 0 radical (unpaired) electrons. The Morgan fingerprint density at radius 1 is 1.00 bits per heavy atom. The van der Waals surface area contributed by atoms with Gasteiger partial charge in [-0.15, -0.1) is 0 Å². The van der Waals surface area contributed by atoms with E-state index in [2.05, 4.69) is 0 Å². The number of rotatable bonds is 1. The Kier molecular flexibility index (Phi) is 1.57. The van der Waals surface area contributed by atoms with E-state index in [9.17, 15) is 4.79 Å². The van der Waals surface area contributed by atoms with Gasteiger partial charge >= 0.3 is 0 Å². The molecule has 2 heteroatoms. The van der Waals surface area contributed by atoms with E-state index in [0.717, 1.165) is 30.1 Å². The number of hydrogen-bond donors (Lipinski definition) is 0. The molecule has 0 aromatic carbocycles. The Morgan fingerprint density at radius 2 is 1.53 bits per heavy atom. The predicted molar refractivity (Wildman–Crippen MR) is 58.4 cm³/mol. The van der Waals surface area contributed by atoms with Crippen molar-refractivity contribution in [2.45, 2.75) is 38.5 Å². The summed E-state index contributed by atoms with van der Waals surface area (Å²) in [5, 5.41) is -0.0394. The van der Waals surface area contributed by atoms with Gasteiger partial charge in [0.1, 0.15) is 0 Å². The van der Waals surface area contributed by atoms with E-state index in [0.29, 0.717) is 5.41 Å². The zero-order valence-electron chi connectivity index (χ0n) is 8.92. The van der Waals surface area contributed by atoms with E-state index in [1.807, 2.05) is 0 Å². The maximum Gasteiger partial charge on any atom is 0.225 e. The minimum Gasteiger partial charge on any atom is -0.281 e. The molecule has 82 valence electrons. The van der Waals surface area contributed by atoms with Crippen LogP contribution in [0, 0.1) is 35.0 Å². The standard InChI is InChI=1S/C13H17ClO/c14-12(15)11-6-13(11)9-2-7-1-8(4-9)5-10(13)3-7/h7-11H,1-6H2/t7?,8?,9?,10?,11-,13?/m1/s1. The molecule has 0 N–H and O–H groups in total. The Morgan fingerprint density at radius 3 is 1.93 bits per heavy atom. The molecule has 0 aliphatic heterocycles. The highest BCUT2D eigenvalue weighted by molar-refractivity contribution is 6.64. The van der Waals surface area contributed by atoms with Crippen molar-refractivity contribution in [1.82, 2.24) is 0 Å². The molecule has 15 heavy (non-hydrogen) atoms. The molecule has 4 bridgehead atoms. The molecular formula is C13H17ClO. The average molecular weight is 225 g/mol. The summed E-state index contributed by atoms with van der Waals surface area (Å²) < 4.78 is 0. The highest BCUT2D eigenvalue weighted by Crippen LogP contribution is 2.75. The van der Waals surface area contributed by atoms with E-state index >= 15 is 0 Å². The van der Waals surface area contributed by atoms with Gasteiger partial charge < -0.3 is 0 Å². The van der Waals surface area contributed by atoms with Gasteiger partial charge in [0, 0.05) is 5.92 Å². The van der Waals surface area contributed by atoms with Crippen molar-refractivity contribution in [1.29, 1.82) is 0 Å². The van der Waals surface area contributed by atoms with Gasteiger partial charge in [-0.05, 0) is 79.2 Å². The predicted octanol–water partition coefficient (Wildman–Crippen LogP) is 3.21. The van der Waals surface area contributed by atoms with Crippen LogP contribution in [-0.4, -0.2) is 5.24 Å². The summed E-state index contributed by atoms with van der Waals surface area (Å²) in [6, 6.07) is 0. The van der Waals surface area contributed by atoms with Gasteiger partial charge in [-0.25, -0.2) is 0 Å². The topological polar surface area (TPSA) is 17.1 Å². The lowest BCUT2D eigenvalue weighted by molar-refractivity contribution is -0.117. The normalized spacial score (nSPS) is 59.9. The molecule has 0 aromatic heterocycles. The number of halogens is 1. The minimum absolute atomic E-state index is 0.0394. The van der Waals surface area contributed by atoms with Crippen molar-refractivity contribution in [3.05, 3.63) is 0 Å². The van der Waals surface area contributed by atoms with Gasteiger partial charge in [0.15, 0.2) is 0 Å². The summed E-state index contributed by atoms with van der Waals surface area (Å²) in [5.74, 6) is 3.98. The Labute approximate surface area is 95.6 Å². The lowest BCUT2D eigenvalue weighted by Crippen LogP contribution is -2.47. The van der Waals surface area contributed by atoms with Crippen LogP contribution in [0.25, 0.3) is 0 Å². The van der Waals surface area contributed by atoms with Gasteiger partial charge in [-0.1, -0.05) is 0 Å². The van der Waals surface area contributed by atoms with Gasteiger partial charge in [0.25, 0.3) is 0 Å². The number of carbonyl (C=O) groups excluding carboxylic acids is 1. The first-order valence-electron chi connectivity index (χ1n) is 6.39. The van der Waals surface area contributed by atoms with Crippen LogP contribution in [0.1, 0.15) is 38.5 Å². The summed E-state index contributed by atoms with van der Waals surface area (Å²) in [4.78, 5) is 11.4. The molecule has 0 saturated heterocycles. The second kappa shape index (κ2) is 2.61. The van der Waals surface area contributed by atoms with Crippen LogP contribution in [0.4, 0.5) is 0 Å². The van der Waals surface area contributed by atoms with Crippen molar-refractivity contribution in [3.8, 4) is 0 Å². The fourth-order valence-electron chi connectivity index (χ4n) is 5.55. The van der Waals surface area contributed by atoms with Crippen molar-refractivity contribution < 1.29 is 4.79 Å². The first kappa shape index (κ1) is 9.04. The van der Waals surface area contributed by atoms with Gasteiger partial charge in [0.05, 0.1) is 0 Å². The van der Waals surface area contributed by atoms with Gasteiger partial charge in [-0.3, -0.25) is 4.79 Å². The van der Waals surface area contributed by atoms with E-state index in [4.69, 9.17) is 11.6 Å². The van der Waals surface area contributed by atoms with Crippen LogP contribution in [0.2, 0.25) is 0 Å². The highest BCUT2D eigenvalue weighted by Gasteiger charge is 2.70. The van der Waals surface area contributed by atoms with Crippen LogP contribution in [0.15, 0.2) is 0 Å². The molecule has 1 nitrogen and oxygen atoms in total. The molecule has 5 aliphatic rings. The molecule has 1 spiro atoms.